The largest absolute Gasteiger partial charge is 0.481 e. The van der Waals surface area contributed by atoms with Gasteiger partial charge in [0.1, 0.15) is 10.3 Å². The maximum Gasteiger partial charge on any atom is 0.307 e. The second kappa shape index (κ2) is 8.26. The summed E-state index contributed by atoms with van der Waals surface area (Å²) in [6.07, 6.45) is 3.83. The molecule has 0 heterocycles. The number of hydrogen-bond donors (Lipinski definition) is 1. The third-order valence-electron chi connectivity index (χ3n) is 5.34. The molecular formula is C20H32Cl2O3. The average molecular weight is 391 g/mol. The minimum absolute atomic E-state index is 0. The van der Waals surface area contributed by atoms with Crippen LogP contribution in [0.25, 0.3) is 0 Å². The summed E-state index contributed by atoms with van der Waals surface area (Å²) in [5.74, 6) is -0.0595. The van der Waals surface area contributed by atoms with E-state index < -0.39 is 5.97 Å². The SMILES string of the molecule is C.CC(=O)C1C(C=C(C)C)C1(C)C.CC1(C)C(C=C(Cl)Cl)C1C(=O)O. The van der Waals surface area contributed by atoms with E-state index in [0.29, 0.717) is 11.7 Å². The number of hydrogen-bond acceptors (Lipinski definition) is 2. The molecule has 0 amide bonds. The molecule has 0 aromatic rings. The number of allylic oxidation sites excluding steroid dienone is 3. The lowest BCUT2D eigenvalue weighted by atomic mass is 10.1. The van der Waals surface area contributed by atoms with Crippen LogP contribution in [0.1, 0.15) is 55.9 Å². The molecular weight excluding hydrogens is 359 g/mol. The molecule has 0 saturated heterocycles. The third kappa shape index (κ3) is 5.59. The molecule has 2 rings (SSSR count). The number of carboxylic acids is 1. The van der Waals surface area contributed by atoms with Crippen molar-refractivity contribution < 1.29 is 14.7 Å². The van der Waals surface area contributed by atoms with Crippen molar-refractivity contribution in [2.24, 2.45) is 34.5 Å². The summed E-state index contributed by atoms with van der Waals surface area (Å²) in [5.41, 5.74) is 1.32. The van der Waals surface area contributed by atoms with E-state index in [1.54, 1.807) is 13.0 Å². The molecule has 2 aliphatic rings. The predicted molar refractivity (Wildman–Crippen MR) is 106 cm³/mol. The molecule has 0 bridgehead atoms. The molecule has 1 N–H and O–H groups in total. The van der Waals surface area contributed by atoms with Crippen molar-refractivity contribution in [2.45, 2.75) is 55.9 Å². The molecule has 0 aliphatic heterocycles. The van der Waals surface area contributed by atoms with Crippen LogP contribution >= 0.6 is 23.2 Å². The number of aliphatic carboxylic acids is 1. The zero-order chi connectivity index (χ0) is 19.0. The Balaban J connectivity index is 0.000000443. The van der Waals surface area contributed by atoms with Crippen LogP contribution < -0.4 is 0 Å². The second-order valence-corrected chi connectivity index (χ2v) is 9.31. The fourth-order valence-corrected chi connectivity index (χ4v) is 3.99. The van der Waals surface area contributed by atoms with Crippen LogP contribution in [0, 0.1) is 34.5 Å². The first-order valence-electron chi connectivity index (χ1n) is 8.15. The van der Waals surface area contributed by atoms with Crippen LogP contribution in [0.3, 0.4) is 0 Å². The van der Waals surface area contributed by atoms with Gasteiger partial charge in [-0.3, -0.25) is 9.59 Å². The minimum Gasteiger partial charge on any atom is -0.481 e. The molecule has 4 unspecified atom stereocenters. The van der Waals surface area contributed by atoms with Crippen LogP contribution in [0.5, 0.6) is 0 Å². The summed E-state index contributed by atoms with van der Waals surface area (Å²) in [4.78, 5) is 21.8. The van der Waals surface area contributed by atoms with E-state index >= 15 is 0 Å². The van der Waals surface area contributed by atoms with E-state index in [9.17, 15) is 9.59 Å². The van der Waals surface area contributed by atoms with E-state index in [0.717, 1.165) is 0 Å². The lowest BCUT2D eigenvalue weighted by molar-refractivity contribution is -0.139. The van der Waals surface area contributed by atoms with Crippen LogP contribution in [-0.4, -0.2) is 16.9 Å². The van der Waals surface area contributed by atoms with Gasteiger partial charge in [0.2, 0.25) is 0 Å². The molecule has 4 atom stereocenters. The van der Waals surface area contributed by atoms with Gasteiger partial charge in [-0.1, -0.05) is 70.0 Å². The summed E-state index contributed by atoms with van der Waals surface area (Å²) < 4.78 is 0.150. The first-order valence-corrected chi connectivity index (χ1v) is 8.91. The summed E-state index contributed by atoms with van der Waals surface area (Å²) in [5, 5.41) is 8.76. The Morgan fingerprint density at radius 2 is 1.28 bits per heavy atom. The second-order valence-electron chi connectivity index (χ2n) is 8.30. The molecule has 2 fully saturated rings. The van der Waals surface area contributed by atoms with Crippen molar-refractivity contribution in [1.82, 2.24) is 0 Å². The summed E-state index contributed by atoms with van der Waals surface area (Å²) in [7, 11) is 0. The average Bonchev–Trinajstić information content (AvgIpc) is 3.08. The Morgan fingerprint density at radius 1 is 0.880 bits per heavy atom. The molecule has 0 aromatic carbocycles. The monoisotopic (exact) mass is 390 g/mol. The Bertz CT molecular complexity index is 528. The van der Waals surface area contributed by atoms with Crippen molar-refractivity contribution >= 4 is 35.0 Å². The van der Waals surface area contributed by atoms with E-state index in [1.165, 1.54) is 5.57 Å². The van der Waals surface area contributed by atoms with Gasteiger partial charge in [-0.15, -0.1) is 0 Å². The highest BCUT2D eigenvalue weighted by Gasteiger charge is 2.61. The fraction of sp³-hybridized carbons (Fsp3) is 0.700. The molecule has 25 heavy (non-hydrogen) atoms. The predicted octanol–water partition coefficient (Wildman–Crippen LogP) is 6.11. The number of ketones is 1. The van der Waals surface area contributed by atoms with Crippen LogP contribution in [0.2, 0.25) is 0 Å². The highest BCUT2D eigenvalue weighted by atomic mass is 35.5. The molecule has 5 heteroatoms. The Morgan fingerprint density at radius 3 is 1.52 bits per heavy atom. The van der Waals surface area contributed by atoms with Crippen molar-refractivity contribution in [3.63, 3.8) is 0 Å². The molecule has 3 nitrogen and oxygen atoms in total. The first kappa shape index (κ1) is 24.2. The van der Waals surface area contributed by atoms with Crippen molar-refractivity contribution in [1.29, 1.82) is 0 Å². The van der Waals surface area contributed by atoms with E-state index in [1.807, 2.05) is 13.8 Å². The molecule has 0 radical (unpaired) electrons. The lowest BCUT2D eigenvalue weighted by Crippen LogP contribution is -2.02. The van der Waals surface area contributed by atoms with Crippen LogP contribution in [-0.2, 0) is 9.59 Å². The summed E-state index contributed by atoms with van der Waals surface area (Å²) in [6.45, 7) is 14.0. The third-order valence-corrected chi connectivity index (χ3v) is 5.60. The molecule has 2 saturated carbocycles. The van der Waals surface area contributed by atoms with Gasteiger partial charge in [-0.05, 0) is 49.5 Å². The highest BCUT2D eigenvalue weighted by molar-refractivity contribution is 6.55. The van der Waals surface area contributed by atoms with E-state index in [4.69, 9.17) is 28.3 Å². The van der Waals surface area contributed by atoms with Gasteiger partial charge in [0.25, 0.3) is 0 Å². The molecule has 0 spiro atoms. The van der Waals surface area contributed by atoms with Gasteiger partial charge in [-0.2, -0.15) is 0 Å². The quantitative estimate of drug-likeness (QED) is 0.588. The van der Waals surface area contributed by atoms with Gasteiger partial charge in [0.05, 0.1) is 5.92 Å². The zero-order valence-corrected chi connectivity index (χ0v) is 17.0. The van der Waals surface area contributed by atoms with Gasteiger partial charge in [-0.25, -0.2) is 0 Å². The van der Waals surface area contributed by atoms with Crippen molar-refractivity contribution in [2.75, 3.05) is 0 Å². The summed E-state index contributed by atoms with van der Waals surface area (Å²) >= 11 is 10.9. The minimum atomic E-state index is -0.782. The van der Waals surface area contributed by atoms with Crippen LogP contribution in [0.15, 0.2) is 22.2 Å². The molecule has 0 aromatic heterocycles. The number of rotatable bonds is 4. The van der Waals surface area contributed by atoms with Gasteiger partial charge in [0.15, 0.2) is 0 Å². The van der Waals surface area contributed by atoms with Gasteiger partial charge in [0, 0.05) is 5.92 Å². The lowest BCUT2D eigenvalue weighted by Gasteiger charge is -1.97. The van der Waals surface area contributed by atoms with Gasteiger partial charge >= 0.3 is 5.97 Å². The number of carbonyl (C=O) groups is 2. The van der Waals surface area contributed by atoms with E-state index in [-0.39, 0.29) is 40.5 Å². The van der Waals surface area contributed by atoms with Crippen molar-refractivity contribution in [3.05, 3.63) is 22.2 Å². The molecule has 144 valence electrons. The smallest absolute Gasteiger partial charge is 0.307 e. The Labute approximate surface area is 162 Å². The number of carbonyl (C=O) groups excluding carboxylic acids is 1. The highest BCUT2D eigenvalue weighted by Crippen LogP contribution is 2.60. The normalized spacial score (nSPS) is 29.8. The maximum atomic E-state index is 11.2. The van der Waals surface area contributed by atoms with Crippen molar-refractivity contribution in [3.8, 4) is 0 Å². The first-order chi connectivity index (χ1) is 10.7. The Kier molecular flexibility index (Phi) is 8.00. The summed E-state index contributed by atoms with van der Waals surface area (Å²) in [6, 6.07) is 0. The number of Topliss-reactive ketones (excluding diaryl/α,β-unsaturated/α-hetero) is 1. The number of halogens is 2. The zero-order valence-electron chi connectivity index (χ0n) is 15.5. The van der Waals surface area contributed by atoms with Gasteiger partial charge < -0.3 is 5.11 Å². The Hall–Kier alpha value is -0.800. The topological polar surface area (TPSA) is 54.4 Å². The van der Waals surface area contributed by atoms with E-state index in [2.05, 4.69) is 33.8 Å². The van der Waals surface area contributed by atoms with Crippen LogP contribution in [0.4, 0.5) is 0 Å². The standard InChI is InChI=1S/C11H18O.C8H10Cl2O2.CH4/c1-7(2)6-9-10(8(3)12)11(9,4)5;1-8(2)4(3-5(9)10)6(8)7(11)12;/h6,9-10H,1-5H3;3-4,6H,1-2H3,(H,11,12);1H4. The fourth-order valence-electron chi connectivity index (χ4n) is 3.72. The molecule has 2 aliphatic carbocycles. The maximum absolute atomic E-state index is 11.2. The number of carboxylic acid groups (broad SMARTS) is 1.